The van der Waals surface area contributed by atoms with Gasteiger partial charge in [0.15, 0.2) is 29.4 Å². The molecule has 2 aliphatic rings. The molecule has 1 saturated carbocycles. The molecule has 2 fully saturated rings. The molecule has 1 aliphatic carbocycles. The maximum atomic E-state index is 15.0. The fraction of sp³-hybridized carbons (Fsp3) is 0.417. The second-order valence-corrected chi connectivity index (χ2v) is 9.59. The highest BCUT2D eigenvalue weighted by Gasteiger charge is 2.42. The van der Waals surface area contributed by atoms with Crippen molar-refractivity contribution in [3.05, 3.63) is 42.1 Å². The average molecular weight is 521 g/mol. The van der Waals surface area contributed by atoms with Crippen molar-refractivity contribution in [3.8, 4) is 17.3 Å². The summed E-state index contributed by atoms with van der Waals surface area (Å²) in [5.74, 6) is 0.721. The summed E-state index contributed by atoms with van der Waals surface area (Å²) < 4.78 is 29.4. The molecule has 13 nitrogen and oxygen atoms in total. The van der Waals surface area contributed by atoms with E-state index < -0.39 is 24.5 Å². The van der Waals surface area contributed by atoms with Gasteiger partial charge in [0.25, 0.3) is 0 Å². The van der Waals surface area contributed by atoms with Gasteiger partial charge in [-0.2, -0.15) is 15.5 Å². The number of aromatic amines is 1. The number of H-pyrrole nitrogens is 1. The minimum Gasteiger partial charge on any atom is -0.441 e. The van der Waals surface area contributed by atoms with Crippen LogP contribution in [0.25, 0.3) is 16.9 Å². The first-order valence-corrected chi connectivity index (χ1v) is 12.3. The van der Waals surface area contributed by atoms with Gasteiger partial charge in [0, 0.05) is 24.5 Å². The molecule has 196 valence electrons. The van der Waals surface area contributed by atoms with Crippen LogP contribution in [0, 0.1) is 11.3 Å². The van der Waals surface area contributed by atoms with E-state index in [1.165, 1.54) is 0 Å². The zero-order valence-electron chi connectivity index (χ0n) is 20.6. The van der Waals surface area contributed by atoms with Crippen molar-refractivity contribution in [1.29, 1.82) is 5.26 Å². The number of rotatable bonds is 7. The molecule has 14 heteroatoms. The SMILES string of the molecule is CC(C)NC(=O)O[C@@H]1CO[C@H](c2cc(Nc3ncc(-c4ccnn4C4CC4)c4nc(C#N)cn34)n[nH]2)[C@@H]1F. The molecule has 5 heterocycles. The van der Waals surface area contributed by atoms with Crippen LogP contribution in [0.3, 0.4) is 0 Å². The minimum absolute atomic E-state index is 0.0772. The fourth-order valence-electron chi connectivity index (χ4n) is 4.45. The van der Waals surface area contributed by atoms with Crippen molar-refractivity contribution in [3.63, 3.8) is 0 Å². The molecule has 0 spiro atoms. The number of fused-ring (bicyclic) bond motifs is 1. The lowest BCUT2D eigenvalue weighted by atomic mass is 10.1. The molecular weight excluding hydrogens is 495 g/mol. The van der Waals surface area contributed by atoms with Gasteiger partial charge < -0.3 is 20.1 Å². The van der Waals surface area contributed by atoms with E-state index in [-0.39, 0.29) is 18.3 Å². The summed E-state index contributed by atoms with van der Waals surface area (Å²) in [6.45, 7) is 3.49. The van der Waals surface area contributed by atoms with E-state index in [0.717, 1.165) is 24.1 Å². The van der Waals surface area contributed by atoms with E-state index in [1.807, 2.05) is 10.7 Å². The number of amides is 1. The molecule has 6 rings (SSSR count). The van der Waals surface area contributed by atoms with Gasteiger partial charge in [-0.15, -0.1) is 0 Å². The Kier molecular flexibility index (Phi) is 5.91. The van der Waals surface area contributed by atoms with Crippen molar-refractivity contribution in [1.82, 2.24) is 39.7 Å². The number of anilines is 2. The topological polar surface area (TPSA) is 160 Å². The van der Waals surface area contributed by atoms with E-state index >= 15 is 4.39 Å². The van der Waals surface area contributed by atoms with Crippen molar-refractivity contribution < 1.29 is 18.7 Å². The number of nitriles is 1. The molecule has 1 saturated heterocycles. The highest BCUT2D eigenvalue weighted by Crippen LogP contribution is 2.39. The van der Waals surface area contributed by atoms with Gasteiger partial charge in [-0.1, -0.05) is 0 Å². The van der Waals surface area contributed by atoms with Crippen molar-refractivity contribution >= 4 is 23.5 Å². The third-order valence-corrected chi connectivity index (χ3v) is 6.34. The third-order valence-electron chi connectivity index (χ3n) is 6.34. The smallest absolute Gasteiger partial charge is 0.407 e. The Morgan fingerprint density at radius 1 is 1.39 bits per heavy atom. The summed E-state index contributed by atoms with van der Waals surface area (Å²) in [7, 11) is 0. The standard InChI is InChI=1S/C24H25FN10O3/c1-12(2)29-24(36)38-18-11-37-21(20(18)25)16-7-19(33-32-16)31-23-27-9-15(22-30-13(8-26)10-34(22)23)17-5-6-28-35(17)14-3-4-14/h5-7,9-10,12,14,18,20-21H,3-4,11H2,1-2H3,(H,29,36)(H2,27,31,32,33)/t18-,20-,21-/m1/s1. The molecular formula is C24H25FN10O3. The Bertz CT molecular complexity index is 1530. The lowest BCUT2D eigenvalue weighted by Gasteiger charge is -2.16. The van der Waals surface area contributed by atoms with Crippen molar-refractivity contribution in [2.24, 2.45) is 0 Å². The molecule has 0 radical (unpaired) electrons. The zero-order valence-corrected chi connectivity index (χ0v) is 20.6. The van der Waals surface area contributed by atoms with E-state index in [4.69, 9.17) is 9.47 Å². The predicted octanol–water partition coefficient (Wildman–Crippen LogP) is 3.18. The summed E-state index contributed by atoms with van der Waals surface area (Å²) in [6, 6.07) is 5.80. The van der Waals surface area contributed by atoms with Gasteiger partial charge in [-0.3, -0.25) is 14.2 Å². The molecule has 3 atom stereocenters. The minimum atomic E-state index is -1.58. The van der Waals surface area contributed by atoms with Gasteiger partial charge in [0.05, 0.1) is 35.8 Å². The van der Waals surface area contributed by atoms with Gasteiger partial charge in [0.2, 0.25) is 5.95 Å². The van der Waals surface area contributed by atoms with Crippen LogP contribution in [0.4, 0.5) is 21.0 Å². The number of alkyl halides is 1. The van der Waals surface area contributed by atoms with Gasteiger partial charge in [0.1, 0.15) is 12.2 Å². The third kappa shape index (κ3) is 4.41. The largest absolute Gasteiger partial charge is 0.441 e. The molecule has 1 amide bonds. The molecule has 0 bridgehead atoms. The number of carbonyl (C=O) groups excluding carboxylic acids is 1. The Balaban J connectivity index is 1.23. The zero-order chi connectivity index (χ0) is 26.4. The van der Waals surface area contributed by atoms with Crippen LogP contribution < -0.4 is 10.6 Å². The number of ether oxygens (including phenoxy) is 2. The van der Waals surface area contributed by atoms with E-state index in [9.17, 15) is 10.1 Å². The van der Waals surface area contributed by atoms with E-state index in [0.29, 0.717) is 29.1 Å². The Morgan fingerprint density at radius 3 is 3.00 bits per heavy atom. The van der Waals surface area contributed by atoms with E-state index in [1.54, 1.807) is 42.9 Å². The molecule has 38 heavy (non-hydrogen) atoms. The number of nitrogens with zero attached hydrogens (tertiary/aromatic N) is 7. The molecule has 4 aromatic rings. The summed E-state index contributed by atoms with van der Waals surface area (Å²) in [5.41, 5.74) is 2.77. The lowest BCUT2D eigenvalue weighted by molar-refractivity contribution is 0.0615. The predicted molar refractivity (Wildman–Crippen MR) is 131 cm³/mol. The normalized spacial score (nSPS) is 21.1. The number of hydrogen-bond acceptors (Lipinski definition) is 9. The Hall–Kier alpha value is -4.51. The Labute approximate surface area is 216 Å². The number of carbonyl (C=O) groups is 1. The van der Waals surface area contributed by atoms with Crippen molar-refractivity contribution in [2.75, 3.05) is 11.9 Å². The van der Waals surface area contributed by atoms with Crippen LogP contribution in [-0.2, 0) is 9.47 Å². The second-order valence-electron chi connectivity index (χ2n) is 9.59. The number of imidazole rings is 1. The van der Waals surface area contributed by atoms with Crippen molar-refractivity contribution in [2.45, 2.75) is 57.2 Å². The Morgan fingerprint density at radius 2 is 2.24 bits per heavy atom. The monoisotopic (exact) mass is 520 g/mol. The second kappa shape index (κ2) is 9.42. The summed E-state index contributed by atoms with van der Waals surface area (Å²) in [4.78, 5) is 20.9. The summed E-state index contributed by atoms with van der Waals surface area (Å²) >= 11 is 0. The lowest BCUT2D eigenvalue weighted by Crippen LogP contribution is -2.36. The van der Waals surface area contributed by atoms with Crippen LogP contribution in [0.15, 0.2) is 30.7 Å². The van der Waals surface area contributed by atoms with Crippen LogP contribution in [0.1, 0.15) is 50.2 Å². The molecule has 3 N–H and O–H groups in total. The highest BCUT2D eigenvalue weighted by molar-refractivity contribution is 5.77. The number of hydrogen-bond donors (Lipinski definition) is 3. The molecule has 4 aromatic heterocycles. The van der Waals surface area contributed by atoms with Gasteiger partial charge in [-0.05, 0) is 32.8 Å². The highest BCUT2D eigenvalue weighted by atomic mass is 19.1. The first kappa shape index (κ1) is 23.9. The number of halogens is 1. The molecule has 1 aliphatic heterocycles. The van der Waals surface area contributed by atoms with E-state index in [2.05, 4.69) is 42.0 Å². The van der Waals surface area contributed by atoms with Gasteiger partial charge in [-0.25, -0.2) is 19.2 Å². The molecule has 0 unspecified atom stereocenters. The summed E-state index contributed by atoms with van der Waals surface area (Å²) in [5, 5.41) is 26.6. The van der Waals surface area contributed by atoms with Crippen LogP contribution in [0.2, 0.25) is 0 Å². The van der Waals surface area contributed by atoms with Crippen LogP contribution in [-0.4, -0.2) is 65.4 Å². The maximum Gasteiger partial charge on any atom is 0.407 e. The number of nitrogens with one attached hydrogen (secondary N) is 3. The number of aromatic nitrogens is 7. The fourth-order valence-corrected chi connectivity index (χ4v) is 4.45. The summed E-state index contributed by atoms with van der Waals surface area (Å²) in [6.07, 6.45) is 2.86. The first-order valence-electron chi connectivity index (χ1n) is 12.3. The molecule has 0 aromatic carbocycles. The number of alkyl carbamates (subject to hydrolysis) is 1. The quantitative estimate of drug-likeness (QED) is 0.332. The van der Waals surface area contributed by atoms with Crippen LogP contribution >= 0.6 is 0 Å². The average Bonchev–Trinajstić information content (AvgIpc) is 3.25. The first-order chi connectivity index (χ1) is 18.4. The maximum absolute atomic E-state index is 15.0. The van der Waals surface area contributed by atoms with Crippen LogP contribution in [0.5, 0.6) is 0 Å². The van der Waals surface area contributed by atoms with Gasteiger partial charge >= 0.3 is 6.09 Å².